The standard InChI is InChI=1S/C39H37NOS/c1-7-39(6,36-21-20-35(42-36)37(2,3)24-41)25-16-19-34-30(22-25)29-13-9-11-15-33(29)40(34)26-17-18-28-27-12-8-10-14-31(27)38(4,5)32(28)23-26/h8-24H,7H2,1-6H3. The molecule has 0 N–H and O–H groups in total. The van der Waals surface area contributed by atoms with E-state index in [1.54, 1.807) is 11.3 Å². The van der Waals surface area contributed by atoms with E-state index in [1.807, 2.05) is 13.8 Å². The van der Waals surface area contributed by atoms with Crippen LogP contribution in [0.15, 0.2) is 97.1 Å². The molecule has 0 radical (unpaired) electrons. The molecule has 42 heavy (non-hydrogen) atoms. The zero-order chi connectivity index (χ0) is 29.4. The lowest BCUT2D eigenvalue weighted by Gasteiger charge is -2.28. The summed E-state index contributed by atoms with van der Waals surface area (Å²) in [6.45, 7) is 13.3. The van der Waals surface area contributed by atoms with E-state index in [2.05, 4.69) is 129 Å². The maximum Gasteiger partial charge on any atom is 0.130 e. The maximum atomic E-state index is 11.8. The molecule has 1 atom stereocenters. The summed E-state index contributed by atoms with van der Waals surface area (Å²) >= 11 is 1.77. The molecule has 6 aromatic rings. The summed E-state index contributed by atoms with van der Waals surface area (Å²) < 4.78 is 2.44. The number of para-hydroxylation sites is 1. The van der Waals surface area contributed by atoms with Crippen LogP contribution in [0.25, 0.3) is 38.6 Å². The molecule has 1 aliphatic rings. The van der Waals surface area contributed by atoms with E-state index in [9.17, 15) is 4.79 Å². The molecule has 2 heterocycles. The average molecular weight is 568 g/mol. The Hall–Kier alpha value is -3.95. The van der Waals surface area contributed by atoms with Crippen molar-refractivity contribution in [3.8, 4) is 16.8 Å². The van der Waals surface area contributed by atoms with Crippen LogP contribution in [0.5, 0.6) is 0 Å². The third-order valence-electron chi connectivity index (χ3n) is 9.92. The number of aromatic nitrogens is 1. The predicted molar refractivity (Wildman–Crippen MR) is 178 cm³/mol. The van der Waals surface area contributed by atoms with Crippen LogP contribution in [-0.2, 0) is 21.0 Å². The van der Waals surface area contributed by atoms with Crippen molar-refractivity contribution in [3.05, 3.63) is 124 Å². The van der Waals surface area contributed by atoms with Gasteiger partial charge in [0.1, 0.15) is 6.29 Å². The van der Waals surface area contributed by atoms with Crippen molar-refractivity contribution in [1.82, 2.24) is 4.57 Å². The zero-order valence-corrected chi connectivity index (χ0v) is 26.1. The molecule has 0 aliphatic heterocycles. The monoisotopic (exact) mass is 567 g/mol. The van der Waals surface area contributed by atoms with Crippen molar-refractivity contribution in [2.24, 2.45) is 0 Å². The highest BCUT2D eigenvalue weighted by atomic mass is 32.1. The van der Waals surface area contributed by atoms with Gasteiger partial charge in [-0.05, 0) is 90.6 Å². The van der Waals surface area contributed by atoms with E-state index in [4.69, 9.17) is 0 Å². The Morgan fingerprint density at radius 1 is 0.738 bits per heavy atom. The smallest absolute Gasteiger partial charge is 0.130 e. The zero-order valence-electron chi connectivity index (χ0n) is 25.3. The molecule has 0 amide bonds. The van der Waals surface area contributed by atoms with Crippen LogP contribution >= 0.6 is 11.3 Å². The van der Waals surface area contributed by atoms with Crippen molar-refractivity contribution in [2.45, 2.75) is 64.2 Å². The first-order chi connectivity index (χ1) is 20.1. The van der Waals surface area contributed by atoms with Crippen LogP contribution in [0, 0.1) is 0 Å². The van der Waals surface area contributed by atoms with Gasteiger partial charge in [0, 0.05) is 37.0 Å². The second kappa shape index (κ2) is 9.28. The predicted octanol–water partition coefficient (Wildman–Crippen LogP) is 10.3. The average Bonchev–Trinajstić information content (AvgIpc) is 3.70. The SMILES string of the molecule is CCC(C)(c1ccc2c(c1)c1ccccc1n2-c1ccc2c(c1)C(C)(C)c1ccccc1-2)c1ccc(C(C)(C)C=O)s1. The van der Waals surface area contributed by atoms with Crippen LogP contribution in [0.3, 0.4) is 0 Å². The molecule has 7 rings (SSSR count). The van der Waals surface area contributed by atoms with Gasteiger partial charge in [0.15, 0.2) is 0 Å². The highest BCUT2D eigenvalue weighted by Crippen LogP contribution is 2.50. The maximum absolute atomic E-state index is 11.8. The minimum Gasteiger partial charge on any atom is -0.309 e. The minimum atomic E-state index is -0.471. The van der Waals surface area contributed by atoms with E-state index >= 15 is 0 Å². The summed E-state index contributed by atoms with van der Waals surface area (Å²) in [6, 6.07) is 36.0. The molecule has 0 spiro atoms. The highest BCUT2D eigenvalue weighted by Gasteiger charge is 2.36. The van der Waals surface area contributed by atoms with Gasteiger partial charge in [-0.25, -0.2) is 0 Å². The Labute approximate surface area is 252 Å². The van der Waals surface area contributed by atoms with Crippen molar-refractivity contribution < 1.29 is 4.79 Å². The molecule has 2 aromatic heterocycles. The molecule has 0 fully saturated rings. The van der Waals surface area contributed by atoms with Gasteiger partial charge in [-0.15, -0.1) is 11.3 Å². The molecule has 1 aliphatic carbocycles. The van der Waals surface area contributed by atoms with Gasteiger partial charge in [-0.3, -0.25) is 0 Å². The number of nitrogens with zero attached hydrogens (tertiary/aromatic N) is 1. The normalized spacial score (nSPS) is 15.5. The van der Waals surface area contributed by atoms with Crippen LogP contribution in [0.2, 0.25) is 0 Å². The van der Waals surface area contributed by atoms with Gasteiger partial charge in [0.25, 0.3) is 0 Å². The summed E-state index contributed by atoms with van der Waals surface area (Å²) in [5.74, 6) is 0. The van der Waals surface area contributed by atoms with E-state index in [-0.39, 0.29) is 10.8 Å². The summed E-state index contributed by atoms with van der Waals surface area (Å²) in [4.78, 5) is 14.2. The van der Waals surface area contributed by atoms with Gasteiger partial charge in [-0.1, -0.05) is 82.3 Å². The number of thiophene rings is 1. The quantitative estimate of drug-likeness (QED) is 0.184. The Morgan fingerprint density at radius 3 is 2.21 bits per heavy atom. The van der Waals surface area contributed by atoms with Crippen LogP contribution in [-0.4, -0.2) is 10.9 Å². The fraction of sp³-hybridized carbons (Fsp3) is 0.256. The number of hydrogen-bond acceptors (Lipinski definition) is 2. The number of aldehydes is 1. The van der Waals surface area contributed by atoms with Gasteiger partial charge in [0.2, 0.25) is 0 Å². The molecule has 4 aromatic carbocycles. The third kappa shape index (κ3) is 3.72. The van der Waals surface area contributed by atoms with Crippen molar-refractivity contribution in [2.75, 3.05) is 0 Å². The minimum absolute atomic E-state index is 0.0468. The molecule has 210 valence electrons. The Kier molecular flexibility index (Phi) is 5.94. The fourth-order valence-corrected chi connectivity index (χ4v) is 8.29. The van der Waals surface area contributed by atoms with E-state index < -0.39 is 5.41 Å². The van der Waals surface area contributed by atoms with Crippen molar-refractivity contribution in [1.29, 1.82) is 0 Å². The summed E-state index contributed by atoms with van der Waals surface area (Å²) in [6.07, 6.45) is 2.03. The molecular formula is C39H37NOS. The molecular weight excluding hydrogens is 531 g/mol. The lowest BCUT2D eigenvalue weighted by molar-refractivity contribution is -0.111. The number of carbonyl (C=O) groups excluding carboxylic acids is 1. The summed E-state index contributed by atoms with van der Waals surface area (Å²) in [7, 11) is 0. The Bertz CT molecular complexity index is 2020. The molecule has 0 bridgehead atoms. The van der Waals surface area contributed by atoms with Gasteiger partial charge in [0.05, 0.1) is 16.4 Å². The molecule has 1 unspecified atom stereocenters. The van der Waals surface area contributed by atoms with E-state index in [0.29, 0.717) is 0 Å². The molecule has 0 saturated heterocycles. The van der Waals surface area contributed by atoms with Gasteiger partial charge >= 0.3 is 0 Å². The fourth-order valence-electron chi connectivity index (χ4n) is 6.99. The Balaban J connectivity index is 1.40. The second-order valence-electron chi connectivity index (χ2n) is 13.2. The lowest BCUT2D eigenvalue weighted by Crippen LogP contribution is -2.21. The molecule has 2 nitrogen and oxygen atoms in total. The van der Waals surface area contributed by atoms with Gasteiger partial charge in [-0.2, -0.15) is 0 Å². The molecule has 3 heteroatoms. The van der Waals surface area contributed by atoms with Crippen molar-refractivity contribution >= 4 is 39.4 Å². The highest BCUT2D eigenvalue weighted by molar-refractivity contribution is 7.12. The number of carbonyl (C=O) groups is 1. The third-order valence-corrected chi connectivity index (χ3v) is 11.6. The topological polar surface area (TPSA) is 22.0 Å². The first-order valence-electron chi connectivity index (χ1n) is 15.0. The number of benzene rings is 4. The van der Waals surface area contributed by atoms with E-state index in [1.165, 1.54) is 60.2 Å². The second-order valence-corrected chi connectivity index (χ2v) is 14.3. The Morgan fingerprint density at radius 2 is 1.43 bits per heavy atom. The number of hydrogen-bond donors (Lipinski definition) is 0. The lowest BCUT2D eigenvalue weighted by atomic mass is 9.78. The number of fused-ring (bicyclic) bond motifs is 6. The largest absolute Gasteiger partial charge is 0.309 e. The first-order valence-corrected chi connectivity index (χ1v) is 15.8. The van der Waals surface area contributed by atoms with Crippen LogP contribution in [0.1, 0.15) is 74.4 Å². The van der Waals surface area contributed by atoms with Crippen molar-refractivity contribution in [3.63, 3.8) is 0 Å². The molecule has 0 saturated carbocycles. The number of rotatable bonds is 6. The summed E-state index contributed by atoms with van der Waals surface area (Å²) in [5.41, 5.74) is 9.76. The van der Waals surface area contributed by atoms with Crippen LogP contribution < -0.4 is 0 Å². The van der Waals surface area contributed by atoms with Gasteiger partial charge < -0.3 is 9.36 Å². The van der Waals surface area contributed by atoms with E-state index in [0.717, 1.165) is 17.6 Å². The summed E-state index contributed by atoms with van der Waals surface area (Å²) in [5, 5.41) is 2.54. The van der Waals surface area contributed by atoms with Crippen LogP contribution in [0.4, 0.5) is 0 Å². The first kappa shape index (κ1) is 26.9.